The number of amides is 3. The summed E-state index contributed by atoms with van der Waals surface area (Å²) in [6.45, 7) is 6.44. The lowest BCUT2D eigenvalue weighted by atomic mass is 10.0. The highest BCUT2D eigenvalue weighted by atomic mass is 16.5. The average Bonchev–Trinajstić information content (AvgIpc) is 2.43. The molecular formula is C16H23N3O4. The number of anilines is 2. The maximum Gasteiger partial charge on any atom is 0.247 e. The van der Waals surface area contributed by atoms with E-state index in [1.54, 1.807) is 18.2 Å². The van der Waals surface area contributed by atoms with Gasteiger partial charge in [-0.15, -0.1) is 0 Å². The van der Waals surface area contributed by atoms with E-state index in [4.69, 9.17) is 4.74 Å². The second-order valence-corrected chi connectivity index (χ2v) is 5.51. The summed E-state index contributed by atoms with van der Waals surface area (Å²) >= 11 is 0. The first kappa shape index (κ1) is 18.5. The normalized spacial score (nSPS) is 11.6. The Labute approximate surface area is 135 Å². The Morgan fingerprint density at radius 2 is 1.70 bits per heavy atom. The third-order valence-corrected chi connectivity index (χ3v) is 3.09. The molecule has 0 saturated carbocycles. The molecule has 0 aliphatic rings. The van der Waals surface area contributed by atoms with E-state index in [9.17, 15) is 14.4 Å². The van der Waals surface area contributed by atoms with Crippen LogP contribution in [-0.2, 0) is 14.4 Å². The second kappa shape index (κ2) is 8.17. The van der Waals surface area contributed by atoms with Crippen molar-refractivity contribution in [2.45, 2.75) is 33.7 Å². The molecule has 1 atom stereocenters. The number of carbonyl (C=O) groups excluding carboxylic acids is 3. The van der Waals surface area contributed by atoms with Crippen LogP contribution in [-0.4, -0.2) is 30.9 Å². The lowest BCUT2D eigenvalue weighted by molar-refractivity contribution is -0.126. The molecule has 7 nitrogen and oxygen atoms in total. The first-order valence-corrected chi connectivity index (χ1v) is 7.28. The predicted octanol–water partition coefficient (Wildman–Crippen LogP) is 1.75. The summed E-state index contributed by atoms with van der Waals surface area (Å²) in [7, 11) is 1.48. The Morgan fingerprint density at radius 3 is 2.17 bits per heavy atom. The molecule has 3 amide bonds. The van der Waals surface area contributed by atoms with Crippen molar-refractivity contribution in [1.29, 1.82) is 0 Å². The second-order valence-electron chi connectivity index (χ2n) is 5.51. The van der Waals surface area contributed by atoms with Gasteiger partial charge in [-0.1, -0.05) is 13.8 Å². The van der Waals surface area contributed by atoms with Crippen LogP contribution in [0.15, 0.2) is 18.2 Å². The van der Waals surface area contributed by atoms with Crippen LogP contribution in [0.1, 0.15) is 27.7 Å². The molecule has 126 valence electrons. The zero-order chi connectivity index (χ0) is 17.6. The van der Waals surface area contributed by atoms with Gasteiger partial charge in [-0.25, -0.2) is 0 Å². The number of hydrogen-bond acceptors (Lipinski definition) is 4. The van der Waals surface area contributed by atoms with Gasteiger partial charge in [0.1, 0.15) is 11.8 Å². The van der Waals surface area contributed by atoms with E-state index in [2.05, 4.69) is 16.0 Å². The van der Waals surface area contributed by atoms with E-state index in [1.807, 2.05) is 13.8 Å². The molecule has 0 aliphatic heterocycles. The summed E-state index contributed by atoms with van der Waals surface area (Å²) in [5.41, 5.74) is 0.953. The molecule has 0 bridgehead atoms. The maximum atomic E-state index is 12.4. The molecule has 1 aromatic rings. The Bertz CT molecular complexity index is 599. The van der Waals surface area contributed by atoms with E-state index >= 15 is 0 Å². The highest BCUT2D eigenvalue weighted by Crippen LogP contribution is 2.28. The van der Waals surface area contributed by atoms with Gasteiger partial charge in [0.25, 0.3) is 0 Å². The van der Waals surface area contributed by atoms with Crippen molar-refractivity contribution in [3.63, 3.8) is 0 Å². The standard InChI is InChI=1S/C16H23N3O4/c1-9(2)15(18-11(4)21)16(22)19-13-8-12(17-10(3)20)6-7-14(13)23-5/h6-9,15H,1-5H3,(H,17,20)(H,18,21)(H,19,22)/t15-/m0/s1. The predicted molar refractivity (Wildman–Crippen MR) is 88.4 cm³/mol. The Morgan fingerprint density at radius 1 is 1.04 bits per heavy atom. The molecule has 3 N–H and O–H groups in total. The molecule has 0 radical (unpaired) electrons. The number of methoxy groups -OCH3 is 1. The molecule has 0 aromatic heterocycles. The summed E-state index contributed by atoms with van der Waals surface area (Å²) in [6.07, 6.45) is 0. The SMILES string of the molecule is COc1ccc(NC(C)=O)cc1NC(=O)[C@@H](NC(C)=O)C(C)C. The smallest absolute Gasteiger partial charge is 0.247 e. The van der Waals surface area contributed by atoms with Crippen molar-refractivity contribution < 1.29 is 19.1 Å². The van der Waals surface area contributed by atoms with Crippen molar-refractivity contribution in [2.75, 3.05) is 17.7 Å². The first-order valence-electron chi connectivity index (χ1n) is 7.28. The van der Waals surface area contributed by atoms with Crippen molar-refractivity contribution in [3.05, 3.63) is 18.2 Å². The summed E-state index contributed by atoms with van der Waals surface area (Å²) in [5, 5.41) is 7.99. The summed E-state index contributed by atoms with van der Waals surface area (Å²) < 4.78 is 5.21. The van der Waals surface area contributed by atoms with E-state index in [1.165, 1.54) is 21.0 Å². The Balaban J connectivity index is 3.02. The molecule has 0 heterocycles. The minimum absolute atomic E-state index is 0.0802. The topological polar surface area (TPSA) is 96.5 Å². The number of ether oxygens (including phenoxy) is 1. The molecule has 23 heavy (non-hydrogen) atoms. The van der Waals surface area contributed by atoms with Crippen molar-refractivity contribution in [3.8, 4) is 5.75 Å². The number of carbonyl (C=O) groups is 3. The van der Waals surface area contributed by atoms with Crippen LogP contribution in [0, 0.1) is 5.92 Å². The molecule has 1 rings (SSSR count). The summed E-state index contributed by atoms with van der Waals surface area (Å²) in [6, 6.07) is 4.25. The fraction of sp³-hybridized carbons (Fsp3) is 0.438. The fourth-order valence-electron chi connectivity index (χ4n) is 2.05. The number of rotatable bonds is 6. The minimum atomic E-state index is -0.665. The van der Waals surface area contributed by atoms with Crippen LogP contribution in [0.25, 0.3) is 0 Å². The van der Waals surface area contributed by atoms with Crippen LogP contribution in [0.3, 0.4) is 0 Å². The van der Waals surface area contributed by atoms with Gasteiger partial charge in [0.05, 0.1) is 12.8 Å². The largest absolute Gasteiger partial charge is 0.495 e. The van der Waals surface area contributed by atoms with E-state index in [0.717, 1.165) is 0 Å². The van der Waals surface area contributed by atoms with Crippen LogP contribution in [0.5, 0.6) is 5.75 Å². The quantitative estimate of drug-likeness (QED) is 0.743. The highest BCUT2D eigenvalue weighted by molar-refractivity contribution is 5.99. The van der Waals surface area contributed by atoms with Gasteiger partial charge in [0.15, 0.2) is 0 Å². The summed E-state index contributed by atoms with van der Waals surface area (Å²) in [4.78, 5) is 34.8. The monoisotopic (exact) mass is 321 g/mol. The fourth-order valence-corrected chi connectivity index (χ4v) is 2.05. The molecule has 0 saturated heterocycles. The van der Waals surface area contributed by atoms with Crippen LogP contribution < -0.4 is 20.7 Å². The van der Waals surface area contributed by atoms with Crippen molar-refractivity contribution >= 4 is 29.1 Å². The maximum absolute atomic E-state index is 12.4. The Hall–Kier alpha value is -2.57. The van der Waals surface area contributed by atoms with Crippen molar-refractivity contribution in [2.24, 2.45) is 5.92 Å². The summed E-state index contributed by atoms with van der Waals surface area (Å²) in [5.74, 6) is -0.474. The average molecular weight is 321 g/mol. The molecule has 0 unspecified atom stereocenters. The zero-order valence-corrected chi connectivity index (χ0v) is 14.0. The van der Waals surface area contributed by atoms with Crippen LogP contribution >= 0.6 is 0 Å². The lowest BCUT2D eigenvalue weighted by Gasteiger charge is -2.21. The van der Waals surface area contributed by atoms with Crippen molar-refractivity contribution in [1.82, 2.24) is 5.32 Å². The van der Waals surface area contributed by atoms with Gasteiger partial charge in [-0.05, 0) is 24.1 Å². The third kappa shape index (κ3) is 5.61. The molecule has 0 fully saturated rings. The molecule has 0 spiro atoms. The van der Waals surface area contributed by atoms with E-state index in [0.29, 0.717) is 17.1 Å². The van der Waals surface area contributed by atoms with Gasteiger partial charge >= 0.3 is 0 Å². The molecular weight excluding hydrogens is 298 g/mol. The molecule has 7 heteroatoms. The zero-order valence-electron chi connectivity index (χ0n) is 14.0. The van der Waals surface area contributed by atoms with Crippen LogP contribution in [0.4, 0.5) is 11.4 Å². The highest BCUT2D eigenvalue weighted by Gasteiger charge is 2.24. The van der Waals surface area contributed by atoms with E-state index < -0.39 is 6.04 Å². The molecule has 0 aliphatic carbocycles. The van der Waals surface area contributed by atoms with Crippen LogP contribution in [0.2, 0.25) is 0 Å². The van der Waals surface area contributed by atoms with Gasteiger partial charge in [0.2, 0.25) is 17.7 Å². The first-order chi connectivity index (χ1) is 10.7. The minimum Gasteiger partial charge on any atom is -0.495 e. The number of benzene rings is 1. The lowest BCUT2D eigenvalue weighted by Crippen LogP contribution is -2.46. The molecule has 1 aromatic carbocycles. The number of nitrogens with one attached hydrogen (secondary N) is 3. The van der Waals surface area contributed by atoms with Gasteiger partial charge in [-0.2, -0.15) is 0 Å². The number of hydrogen-bond donors (Lipinski definition) is 3. The Kier molecular flexibility index (Phi) is 6.56. The van der Waals surface area contributed by atoms with Gasteiger partial charge in [-0.3, -0.25) is 14.4 Å². The van der Waals surface area contributed by atoms with E-state index in [-0.39, 0.29) is 23.6 Å². The van der Waals surface area contributed by atoms with Gasteiger partial charge in [0, 0.05) is 19.5 Å². The third-order valence-electron chi connectivity index (χ3n) is 3.09. The van der Waals surface area contributed by atoms with Gasteiger partial charge < -0.3 is 20.7 Å².